The molecular formula is C19H38NO4P. The molecule has 0 spiro atoms. The molecule has 0 amide bonds. The van der Waals surface area contributed by atoms with Gasteiger partial charge < -0.3 is 20.0 Å². The summed E-state index contributed by atoms with van der Waals surface area (Å²) in [5, 5.41) is 3.83. The molecule has 3 fully saturated rings. The lowest BCUT2D eigenvalue weighted by Crippen LogP contribution is -2.39. The first-order valence-electron chi connectivity index (χ1n) is 10.4. The monoisotopic (exact) mass is 375 g/mol. The van der Waals surface area contributed by atoms with E-state index < -0.39 is 7.82 Å². The zero-order chi connectivity index (χ0) is 18.1. The van der Waals surface area contributed by atoms with Gasteiger partial charge in [-0.05, 0) is 43.6 Å². The molecule has 3 rings (SSSR count). The highest BCUT2D eigenvalue weighted by atomic mass is 31.2. The number of rotatable bonds is 4. The van der Waals surface area contributed by atoms with E-state index in [4.69, 9.17) is 19.2 Å². The highest BCUT2D eigenvalue weighted by molar-refractivity contribution is 7.45. The summed E-state index contributed by atoms with van der Waals surface area (Å²) in [5.74, 6) is 3.22. The average molecular weight is 375 g/mol. The Kier molecular flexibility index (Phi) is 9.43. The first-order chi connectivity index (χ1) is 11.9. The number of phosphoric acid groups is 1. The minimum Gasteiger partial charge on any atom is -0.314 e. The van der Waals surface area contributed by atoms with E-state index in [-0.39, 0.29) is 0 Å². The maximum absolute atomic E-state index is 8.88. The second-order valence-electron chi connectivity index (χ2n) is 8.36. The van der Waals surface area contributed by atoms with Crippen LogP contribution >= 0.6 is 7.82 Å². The first kappa shape index (κ1) is 21.4. The van der Waals surface area contributed by atoms with Crippen LogP contribution < -0.4 is 5.32 Å². The molecule has 0 radical (unpaired) electrons. The van der Waals surface area contributed by atoms with Crippen molar-refractivity contribution in [3.8, 4) is 0 Å². The fraction of sp³-hybridized carbons (Fsp3) is 1.00. The van der Waals surface area contributed by atoms with Crippen LogP contribution in [0.2, 0.25) is 0 Å². The van der Waals surface area contributed by atoms with Gasteiger partial charge in [0.25, 0.3) is 0 Å². The van der Waals surface area contributed by atoms with E-state index >= 15 is 0 Å². The van der Waals surface area contributed by atoms with Crippen molar-refractivity contribution in [1.29, 1.82) is 0 Å². The zero-order valence-corrected chi connectivity index (χ0v) is 16.5. The van der Waals surface area contributed by atoms with Crippen LogP contribution in [0.25, 0.3) is 0 Å². The lowest BCUT2D eigenvalue weighted by Gasteiger charge is -2.40. The summed E-state index contributed by atoms with van der Waals surface area (Å²) in [6.07, 6.45) is 21.1. The van der Waals surface area contributed by atoms with E-state index in [1.54, 1.807) is 25.7 Å². The van der Waals surface area contributed by atoms with Crippen LogP contribution in [0.15, 0.2) is 0 Å². The molecule has 0 aromatic rings. The van der Waals surface area contributed by atoms with Crippen LogP contribution in [0, 0.1) is 17.8 Å². The molecule has 1 saturated heterocycles. The maximum atomic E-state index is 8.88. The lowest BCUT2D eigenvalue weighted by atomic mass is 9.67. The molecule has 1 heterocycles. The molecule has 5 nitrogen and oxygen atoms in total. The van der Waals surface area contributed by atoms with E-state index in [2.05, 4.69) is 5.32 Å². The van der Waals surface area contributed by atoms with Gasteiger partial charge in [-0.2, -0.15) is 0 Å². The minimum atomic E-state index is -4.64. The van der Waals surface area contributed by atoms with E-state index in [1.807, 2.05) is 0 Å². The first-order valence-corrected chi connectivity index (χ1v) is 12.0. The van der Waals surface area contributed by atoms with Crippen molar-refractivity contribution in [3.05, 3.63) is 0 Å². The third kappa shape index (κ3) is 9.01. The SMILES string of the molecule is C1CCC(C(CC2CCCCN2)C2CCCCC2)CC1.O=P(O)(O)O. The summed E-state index contributed by atoms with van der Waals surface area (Å²) in [6, 6.07) is 0.859. The van der Waals surface area contributed by atoms with Crippen molar-refractivity contribution in [2.75, 3.05) is 6.54 Å². The molecule has 25 heavy (non-hydrogen) atoms. The van der Waals surface area contributed by atoms with Gasteiger partial charge in [-0.25, -0.2) is 4.57 Å². The molecule has 148 valence electrons. The van der Waals surface area contributed by atoms with Crippen LogP contribution in [-0.4, -0.2) is 27.3 Å². The van der Waals surface area contributed by atoms with Gasteiger partial charge in [0.05, 0.1) is 0 Å². The highest BCUT2D eigenvalue weighted by Gasteiger charge is 2.33. The summed E-state index contributed by atoms with van der Waals surface area (Å²) in [5.41, 5.74) is 0. The number of piperidine rings is 1. The third-order valence-corrected chi connectivity index (χ3v) is 6.48. The Morgan fingerprint density at radius 2 is 1.20 bits per heavy atom. The Bertz CT molecular complexity index is 370. The summed E-state index contributed by atoms with van der Waals surface area (Å²) in [4.78, 5) is 21.6. The second-order valence-corrected chi connectivity index (χ2v) is 9.38. The molecule has 2 saturated carbocycles. The largest absolute Gasteiger partial charge is 0.466 e. The quantitative estimate of drug-likeness (QED) is 0.548. The van der Waals surface area contributed by atoms with Crippen LogP contribution in [0.5, 0.6) is 0 Å². The maximum Gasteiger partial charge on any atom is 0.466 e. The molecule has 1 atom stereocenters. The molecule has 6 heteroatoms. The van der Waals surface area contributed by atoms with Crippen molar-refractivity contribution < 1.29 is 19.2 Å². The molecule has 3 aliphatic rings. The number of hydrogen-bond acceptors (Lipinski definition) is 2. The normalized spacial score (nSPS) is 27.0. The van der Waals surface area contributed by atoms with Gasteiger partial charge in [0.1, 0.15) is 0 Å². The molecule has 0 aromatic carbocycles. The van der Waals surface area contributed by atoms with Crippen molar-refractivity contribution in [3.63, 3.8) is 0 Å². The third-order valence-electron chi connectivity index (χ3n) is 6.48. The molecule has 1 aliphatic heterocycles. The average Bonchev–Trinajstić information content (AvgIpc) is 2.61. The van der Waals surface area contributed by atoms with Gasteiger partial charge in [0.2, 0.25) is 0 Å². The standard InChI is InChI=1S/C19H35N.H3O4P/c1-3-9-16(10-4-1)19(17-11-5-2-6-12-17)15-18-13-7-8-14-20-18;1-5(2,3)4/h16-20H,1-15H2;(H3,1,2,3,4). The van der Waals surface area contributed by atoms with Crippen LogP contribution in [0.4, 0.5) is 0 Å². The molecule has 2 aliphatic carbocycles. The van der Waals surface area contributed by atoms with Crippen molar-refractivity contribution >= 4 is 7.82 Å². The van der Waals surface area contributed by atoms with Gasteiger partial charge in [-0.1, -0.05) is 70.6 Å². The van der Waals surface area contributed by atoms with Gasteiger partial charge in [-0.15, -0.1) is 0 Å². The van der Waals surface area contributed by atoms with E-state index in [9.17, 15) is 0 Å². The topological polar surface area (TPSA) is 89.8 Å². The van der Waals surface area contributed by atoms with E-state index in [0.717, 1.165) is 23.8 Å². The van der Waals surface area contributed by atoms with Crippen LogP contribution in [0.1, 0.15) is 89.9 Å². The van der Waals surface area contributed by atoms with Crippen LogP contribution in [-0.2, 0) is 4.57 Å². The lowest BCUT2D eigenvalue weighted by molar-refractivity contribution is 0.118. The molecule has 0 bridgehead atoms. The molecular weight excluding hydrogens is 337 g/mol. The molecule has 0 aromatic heterocycles. The van der Waals surface area contributed by atoms with Gasteiger partial charge >= 0.3 is 7.82 Å². The zero-order valence-electron chi connectivity index (χ0n) is 15.6. The highest BCUT2D eigenvalue weighted by Crippen LogP contribution is 2.42. The molecule has 1 unspecified atom stereocenters. The molecule has 4 N–H and O–H groups in total. The van der Waals surface area contributed by atoms with Crippen molar-refractivity contribution in [2.45, 2.75) is 95.9 Å². The van der Waals surface area contributed by atoms with E-state index in [1.165, 1.54) is 70.8 Å². The van der Waals surface area contributed by atoms with Crippen molar-refractivity contribution in [1.82, 2.24) is 5.32 Å². The smallest absolute Gasteiger partial charge is 0.314 e. The Hall–Kier alpha value is 0.0700. The number of hydrogen-bond donors (Lipinski definition) is 4. The second kappa shape index (κ2) is 11.0. The Morgan fingerprint density at radius 1 is 0.760 bits per heavy atom. The Labute approximate surface area is 153 Å². The minimum absolute atomic E-state index is 0.859. The van der Waals surface area contributed by atoms with Gasteiger partial charge in [-0.3, -0.25) is 0 Å². The number of nitrogens with one attached hydrogen (secondary N) is 1. The fourth-order valence-electron chi connectivity index (χ4n) is 5.35. The fourth-order valence-corrected chi connectivity index (χ4v) is 5.35. The predicted molar refractivity (Wildman–Crippen MR) is 101 cm³/mol. The Balaban J connectivity index is 0.000000399. The summed E-state index contributed by atoms with van der Waals surface area (Å²) < 4.78 is 8.88. The van der Waals surface area contributed by atoms with Gasteiger partial charge in [0, 0.05) is 6.04 Å². The van der Waals surface area contributed by atoms with Gasteiger partial charge in [0.15, 0.2) is 0 Å². The summed E-state index contributed by atoms with van der Waals surface area (Å²) in [6.45, 7) is 1.28. The summed E-state index contributed by atoms with van der Waals surface area (Å²) in [7, 11) is -4.64. The van der Waals surface area contributed by atoms with Crippen molar-refractivity contribution in [2.24, 2.45) is 17.8 Å². The Morgan fingerprint density at radius 3 is 1.60 bits per heavy atom. The van der Waals surface area contributed by atoms with Crippen LogP contribution in [0.3, 0.4) is 0 Å². The predicted octanol–water partition coefficient (Wildman–Crippen LogP) is 4.37. The summed E-state index contributed by atoms with van der Waals surface area (Å²) >= 11 is 0. The van der Waals surface area contributed by atoms with E-state index in [0.29, 0.717) is 0 Å².